The standard InChI is InChI=1S/C20H21N5O3/c1-15-4-2-3-5-18(15)20-22-21-19(28-20)14-23-10-12-24(13-11-23)16-6-8-17(9-7-16)25(26)27/h2-9H,10-14H2,1H3. The fourth-order valence-corrected chi connectivity index (χ4v) is 3.38. The average molecular weight is 379 g/mol. The Kier molecular flexibility index (Phi) is 5.03. The Bertz CT molecular complexity index is 962. The molecule has 4 rings (SSSR count). The molecule has 8 heteroatoms. The Labute approximate surface area is 162 Å². The van der Waals surface area contributed by atoms with Crippen molar-refractivity contribution in [2.75, 3.05) is 31.1 Å². The van der Waals surface area contributed by atoms with Gasteiger partial charge >= 0.3 is 0 Å². The molecule has 8 nitrogen and oxygen atoms in total. The Morgan fingerprint density at radius 1 is 1.04 bits per heavy atom. The van der Waals surface area contributed by atoms with Gasteiger partial charge in [-0.3, -0.25) is 15.0 Å². The van der Waals surface area contributed by atoms with Crippen molar-refractivity contribution in [2.24, 2.45) is 0 Å². The summed E-state index contributed by atoms with van der Waals surface area (Å²) in [5, 5.41) is 19.2. The van der Waals surface area contributed by atoms with Crippen LogP contribution >= 0.6 is 0 Å². The number of hydrogen-bond donors (Lipinski definition) is 0. The van der Waals surface area contributed by atoms with E-state index in [1.165, 1.54) is 0 Å². The van der Waals surface area contributed by atoms with Gasteiger partial charge in [0.25, 0.3) is 5.69 Å². The van der Waals surface area contributed by atoms with Gasteiger partial charge in [-0.25, -0.2) is 0 Å². The van der Waals surface area contributed by atoms with Crippen molar-refractivity contribution >= 4 is 11.4 Å². The minimum Gasteiger partial charge on any atom is -0.419 e. The van der Waals surface area contributed by atoms with Gasteiger partial charge in [-0.05, 0) is 30.7 Å². The Balaban J connectivity index is 1.35. The lowest BCUT2D eigenvalue weighted by molar-refractivity contribution is -0.384. The Hall–Kier alpha value is -3.26. The smallest absolute Gasteiger partial charge is 0.269 e. The molecule has 0 amide bonds. The van der Waals surface area contributed by atoms with Crippen LogP contribution in [0.15, 0.2) is 52.9 Å². The van der Waals surface area contributed by atoms with E-state index in [0.29, 0.717) is 18.3 Å². The van der Waals surface area contributed by atoms with Crippen LogP contribution in [0.3, 0.4) is 0 Å². The molecule has 1 saturated heterocycles. The van der Waals surface area contributed by atoms with Crippen molar-refractivity contribution in [1.29, 1.82) is 0 Å². The van der Waals surface area contributed by atoms with Gasteiger partial charge in [-0.15, -0.1) is 10.2 Å². The molecular weight excluding hydrogens is 358 g/mol. The van der Waals surface area contributed by atoms with Gasteiger partial charge in [0, 0.05) is 49.6 Å². The molecule has 0 bridgehead atoms. The van der Waals surface area contributed by atoms with Crippen molar-refractivity contribution < 1.29 is 9.34 Å². The van der Waals surface area contributed by atoms with Crippen molar-refractivity contribution in [3.05, 3.63) is 70.1 Å². The predicted octanol–water partition coefficient (Wildman–Crippen LogP) is 3.28. The molecule has 0 N–H and O–H groups in total. The van der Waals surface area contributed by atoms with Crippen LogP contribution in [0.4, 0.5) is 11.4 Å². The summed E-state index contributed by atoms with van der Waals surface area (Å²) < 4.78 is 5.86. The molecule has 0 spiro atoms. The lowest BCUT2D eigenvalue weighted by Crippen LogP contribution is -2.46. The molecule has 0 aliphatic carbocycles. The summed E-state index contributed by atoms with van der Waals surface area (Å²) in [6.45, 7) is 6.05. The molecule has 144 valence electrons. The van der Waals surface area contributed by atoms with Crippen LogP contribution in [0.5, 0.6) is 0 Å². The molecule has 0 saturated carbocycles. The van der Waals surface area contributed by atoms with Gasteiger partial charge in [0.05, 0.1) is 11.5 Å². The first kappa shape index (κ1) is 18.1. The topological polar surface area (TPSA) is 88.5 Å². The number of rotatable bonds is 5. The van der Waals surface area contributed by atoms with E-state index in [9.17, 15) is 10.1 Å². The van der Waals surface area contributed by atoms with E-state index in [1.807, 2.05) is 31.2 Å². The van der Waals surface area contributed by atoms with Crippen LogP contribution in [0.25, 0.3) is 11.5 Å². The molecule has 28 heavy (non-hydrogen) atoms. The molecule has 3 aromatic rings. The third-order valence-electron chi connectivity index (χ3n) is 5.00. The number of aryl methyl sites for hydroxylation is 1. The highest BCUT2D eigenvalue weighted by Crippen LogP contribution is 2.23. The fourth-order valence-electron chi connectivity index (χ4n) is 3.38. The molecule has 0 unspecified atom stereocenters. The zero-order valence-electron chi connectivity index (χ0n) is 15.6. The van der Waals surface area contributed by atoms with E-state index >= 15 is 0 Å². The molecule has 0 radical (unpaired) electrons. The second-order valence-corrected chi connectivity index (χ2v) is 6.85. The number of nitro benzene ring substituents is 1. The number of piperazine rings is 1. The highest BCUT2D eigenvalue weighted by molar-refractivity contribution is 5.57. The first-order chi connectivity index (χ1) is 13.6. The van der Waals surface area contributed by atoms with E-state index in [4.69, 9.17) is 4.42 Å². The summed E-state index contributed by atoms with van der Waals surface area (Å²) in [5.74, 6) is 1.17. The van der Waals surface area contributed by atoms with Gasteiger partial charge in [0.1, 0.15) is 0 Å². The number of non-ortho nitro benzene ring substituents is 1. The van der Waals surface area contributed by atoms with Crippen molar-refractivity contribution in [3.63, 3.8) is 0 Å². The van der Waals surface area contributed by atoms with Gasteiger partial charge in [-0.2, -0.15) is 0 Å². The Morgan fingerprint density at radius 2 is 1.75 bits per heavy atom. The van der Waals surface area contributed by atoms with Crippen LogP contribution in [-0.4, -0.2) is 46.2 Å². The zero-order chi connectivity index (χ0) is 19.5. The summed E-state index contributed by atoms with van der Waals surface area (Å²) in [6, 6.07) is 14.7. The Morgan fingerprint density at radius 3 is 2.43 bits per heavy atom. The molecule has 1 aliphatic heterocycles. The highest BCUT2D eigenvalue weighted by Gasteiger charge is 2.20. The molecule has 2 aromatic carbocycles. The van der Waals surface area contributed by atoms with Gasteiger partial charge in [0.2, 0.25) is 11.8 Å². The number of nitrogens with zero attached hydrogens (tertiary/aromatic N) is 5. The van der Waals surface area contributed by atoms with Crippen molar-refractivity contribution in [3.8, 4) is 11.5 Å². The normalized spacial score (nSPS) is 15.0. The fraction of sp³-hybridized carbons (Fsp3) is 0.300. The van der Waals surface area contributed by atoms with Crippen LogP contribution in [0.1, 0.15) is 11.5 Å². The number of benzene rings is 2. The maximum atomic E-state index is 10.8. The van der Waals surface area contributed by atoms with Crippen LogP contribution < -0.4 is 4.90 Å². The lowest BCUT2D eigenvalue weighted by atomic mass is 10.1. The summed E-state index contributed by atoms with van der Waals surface area (Å²) in [4.78, 5) is 14.9. The molecule has 2 heterocycles. The summed E-state index contributed by atoms with van der Waals surface area (Å²) in [6.07, 6.45) is 0. The lowest BCUT2D eigenvalue weighted by Gasteiger charge is -2.35. The van der Waals surface area contributed by atoms with Gasteiger partial charge in [0.15, 0.2) is 0 Å². The number of anilines is 1. The van der Waals surface area contributed by atoms with Crippen molar-refractivity contribution in [1.82, 2.24) is 15.1 Å². The number of aromatic nitrogens is 2. The molecular formula is C20H21N5O3. The molecule has 1 aromatic heterocycles. The zero-order valence-corrected chi connectivity index (χ0v) is 15.6. The average Bonchev–Trinajstić information content (AvgIpc) is 3.17. The highest BCUT2D eigenvalue weighted by atomic mass is 16.6. The van der Waals surface area contributed by atoms with Gasteiger partial charge in [-0.1, -0.05) is 18.2 Å². The minimum atomic E-state index is -0.378. The summed E-state index contributed by atoms with van der Waals surface area (Å²) in [5.41, 5.74) is 3.19. The first-order valence-corrected chi connectivity index (χ1v) is 9.20. The molecule has 1 fully saturated rings. The quantitative estimate of drug-likeness (QED) is 0.496. The van der Waals surface area contributed by atoms with Gasteiger partial charge < -0.3 is 9.32 Å². The third kappa shape index (κ3) is 3.86. The molecule has 0 atom stereocenters. The second-order valence-electron chi connectivity index (χ2n) is 6.85. The largest absolute Gasteiger partial charge is 0.419 e. The van der Waals surface area contributed by atoms with E-state index in [1.54, 1.807) is 24.3 Å². The first-order valence-electron chi connectivity index (χ1n) is 9.20. The van der Waals surface area contributed by atoms with Crippen LogP contribution in [0.2, 0.25) is 0 Å². The third-order valence-corrected chi connectivity index (χ3v) is 5.00. The van der Waals surface area contributed by atoms with E-state index < -0.39 is 0 Å². The molecule has 1 aliphatic rings. The number of hydrogen-bond acceptors (Lipinski definition) is 7. The van der Waals surface area contributed by atoms with Crippen LogP contribution in [0, 0.1) is 17.0 Å². The minimum absolute atomic E-state index is 0.114. The maximum absolute atomic E-state index is 10.8. The SMILES string of the molecule is Cc1ccccc1-c1nnc(CN2CCN(c3ccc([N+](=O)[O-])cc3)CC2)o1. The summed E-state index contributed by atoms with van der Waals surface area (Å²) >= 11 is 0. The maximum Gasteiger partial charge on any atom is 0.269 e. The monoisotopic (exact) mass is 379 g/mol. The predicted molar refractivity (Wildman–Crippen MR) is 105 cm³/mol. The van der Waals surface area contributed by atoms with E-state index in [-0.39, 0.29) is 10.6 Å². The van der Waals surface area contributed by atoms with Crippen LogP contribution in [-0.2, 0) is 6.54 Å². The van der Waals surface area contributed by atoms with E-state index in [0.717, 1.165) is 43.0 Å². The number of nitro groups is 1. The van der Waals surface area contributed by atoms with Crippen molar-refractivity contribution in [2.45, 2.75) is 13.5 Å². The second kappa shape index (κ2) is 7.77. The summed E-state index contributed by atoms with van der Waals surface area (Å²) in [7, 11) is 0. The van der Waals surface area contributed by atoms with E-state index in [2.05, 4.69) is 20.0 Å².